The average Bonchev–Trinajstić information content (AvgIpc) is 2.81. The number of aliphatic hydroxyl groups is 2. The fourth-order valence-electron chi connectivity index (χ4n) is 9.11. The molecule has 6 aliphatic carbocycles. The van der Waals surface area contributed by atoms with Crippen molar-refractivity contribution in [1.29, 1.82) is 0 Å². The topological polar surface area (TPSA) is 40.5 Å². The first-order valence-electron chi connectivity index (χ1n) is 11.2. The summed E-state index contributed by atoms with van der Waals surface area (Å²) in [5, 5.41) is 22.4. The third-order valence-electron chi connectivity index (χ3n) is 10.2. The summed E-state index contributed by atoms with van der Waals surface area (Å²) in [5.41, 5.74) is 0.285. The van der Waals surface area contributed by atoms with E-state index in [1.807, 2.05) is 0 Å². The first-order chi connectivity index (χ1) is 11.8. The van der Waals surface area contributed by atoms with Gasteiger partial charge in [0.1, 0.15) is 0 Å². The van der Waals surface area contributed by atoms with Crippen molar-refractivity contribution in [3.05, 3.63) is 0 Å². The zero-order valence-corrected chi connectivity index (χ0v) is 16.3. The highest BCUT2D eigenvalue weighted by Gasteiger charge is 2.64. The van der Waals surface area contributed by atoms with Gasteiger partial charge in [0.05, 0.1) is 11.7 Å². The SMILES string of the molecule is CC12CC3CCCC(O)CC3C3(C)CCC(O)(C1)C1CC3CCCC12. The van der Waals surface area contributed by atoms with Gasteiger partial charge < -0.3 is 10.2 Å². The van der Waals surface area contributed by atoms with Crippen LogP contribution in [0.15, 0.2) is 0 Å². The van der Waals surface area contributed by atoms with E-state index in [2.05, 4.69) is 13.8 Å². The van der Waals surface area contributed by atoms with E-state index in [1.165, 1.54) is 51.4 Å². The number of hydrogen-bond acceptors (Lipinski definition) is 2. The van der Waals surface area contributed by atoms with Gasteiger partial charge in [-0.2, -0.15) is 0 Å². The summed E-state index contributed by atoms with van der Waals surface area (Å²) in [6.45, 7) is 5.11. The smallest absolute Gasteiger partial charge is 0.0684 e. The molecule has 0 saturated heterocycles. The van der Waals surface area contributed by atoms with Crippen molar-refractivity contribution in [1.82, 2.24) is 0 Å². The molecular formula is C23H38O2. The van der Waals surface area contributed by atoms with E-state index in [1.54, 1.807) is 0 Å². The summed E-state index contributed by atoms with van der Waals surface area (Å²) < 4.78 is 0. The van der Waals surface area contributed by atoms with Crippen LogP contribution < -0.4 is 0 Å². The highest BCUT2D eigenvalue weighted by Crippen LogP contribution is 2.69. The Labute approximate surface area is 153 Å². The van der Waals surface area contributed by atoms with Gasteiger partial charge in [-0.05, 0) is 98.2 Å². The van der Waals surface area contributed by atoms with E-state index < -0.39 is 0 Å². The normalized spacial score (nSPS) is 61.0. The number of hydrogen-bond donors (Lipinski definition) is 2. The maximum absolute atomic E-state index is 11.8. The minimum Gasteiger partial charge on any atom is -0.393 e. The van der Waals surface area contributed by atoms with Gasteiger partial charge >= 0.3 is 0 Å². The predicted octanol–water partition coefficient (Wildman–Crippen LogP) is 4.92. The second-order valence-electron chi connectivity index (χ2n) is 11.4. The lowest BCUT2D eigenvalue weighted by Crippen LogP contribution is -2.41. The Bertz CT molecular complexity index is 546. The van der Waals surface area contributed by atoms with Crippen molar-refractivity contribution < 1.29 is 10.2 Å². The van der Waals surface area contributed by atoms with Crippen LogP contribution in [0, 0.1) is 40.4 Å². The first kappa shape index (κ1) is 17.0. The van der Waals surface area contributed by atoms with Crippen molar-refractivity contribution >= 4 is 0 Å². The maximum atomic E-state index is 11.8. The molecule has 2 N–H and O–H groups in total. The summed E-state index contributed by atoms with van der Waals surface area (Å²) in [4.78, 5) is 0. The third-order valence-corrected chi connectivity index (χ3v) is 10.2. The molecule has 0 heterocycles. The molecular weight excluding hydrogens is 308 g/mol. The highest BCUT2D eigenvalue weighted by molar-refractivity contribution is 5.14. The zero-order valence-electron chi connectivity index (χ0n) is 16.3. The second-order valence-corrected chi connectivity index (χ2v) is 11.4. The predicted molar refractivity (Wildman–Crippen MR) is 100 cm³/mol. The van der Waals surface area contributed by atoms with E-state index in [0.29, 0.717) is 22.7 Å². The fourth-order valence-corrected chi connectivity index (χ4v) is 9.11. The van der Waals surface area contributed by atoms with Gasteiger partial charge in [0.25, 0.3) is 0 Å². The second kappa shape index (κ2) is 5.47. The zero-order chi connectivity index (χ0) is 17.4. The molecule has 0 radical (unpaired) electrons. The Morgan fingerprint density at radius 2 is 1.64 bits per heavy atom. The van der Waals surface area contributed by atoms with Gasteiger partial charge in [0, 0.05) is 0 Å². The Hall–Kier alpha value is -0.0800. The van der Waals surface area contributed by atoms with Gasteiger partial charge in [-0.3, -0.25) is 0 Å². The Morgan fingerprint density at radius 3 is 2.48 bits per heavy atom. The lowest BCUT2D eigenvalue weighted by molar-refractivity contribution is -0.0166. The number of aliphatic hydroxyl groups excluding tert-OH is 1. The standard InChI is InChI=1S/C23H38O2/c1-21-13-15-5-3-7-17(24)12-19(15)22(2)9-10-23(25,14-21)20-11-16(22)6-4-8-18(20)21/h15-20,24-25H,3-14H2,1-2H3. The molecule has 2 nitrogen and oxygen atoms in total. The van der Waals surface area contributed by atoms with Gasteiger partial charge in [-0.1, -0.05) is 33.1 Å². The molecule has 0 spiro atoms. The van der Waals surface area contributed by atoms with Crippen molar-refractivity contribution in [3.63, 3.8) is 0 Å². The van der Waals surface area contributed by atoms with Crippen molar-refractivity contribution in [2.45, 2.75) is 103 Å². The molecule has 2 heteroatoms. The van der Waals surface area contributed by atoms with E-state index in [0.717, 1.165) is 43.4 Å². The third kappa shape index (κ3) is 2.35. The van der Waals surface area contributed by atoms with Crippen LogP contribution in [0.1, 0.15) is 90.9 Å². The highest BCUT2D eigenvalue weighted by atomic mass is 16.3. The van der Waals surface area contributed by atoms with E-state index in [4.69, 9.17) is 0 Å². The quantitative estimate of drug-likeness (QED) is 0.653. The van der Waals surface area contributed by atoms with Crippen molar-refractivity contribution in [2.24, 2.45) is 40.4 Å². The van der Waals surface area contributed by atoms with Crippen LogP contribution in [0.4, 0.5) is 0 Å². The van der Waals surface area contributed by atoms with Crippen molar-refractivity contribution in [3.8, 4) is 0 Å². The van der Waals surface area contributed by atoms with Crippen LogP contribution in [0.3, 0.4) is 0 Å². The average molecular weight is 347 g/mol. The molecule has 0 aromatic carbocycles. The number of rotatable bonds is 0. The van der Waals surface area contributed by atoms with Crippen LogP contribution in [0.5, 0.6) is 0 Å². The molecule has 9 atom stereocenters. The van der Waals surface area contributed by atoms with Crippen LogP contribution >= 0.6 is 0 Å². The summed E-state index contributed by atoms with van der Waals surface area (Å²) in [6.07, 6.45) is 14.4. The van der Waals surface area contributed by atoms with Gasteiger partial charge in [0.15, 0.2) is 0 Å². The summed E-state index contributed by atoms with van der Waals surface area (Å²) in [6, 6.07) is 0. The Morgan fingerprint density at radius 1 is 0.840 bits per heavy atom. The maximum Gasteiger partial charge on any atom is 0.0684 e. The molecule has 0 amide bonds. The van der Waals surface area contributed by atoms with E-state index in [-0.39, 0.29) is 11.7 Å². The largest absolute Gasteiger partial charge is 0.393 e. The van der Waals surface area contributed by atoms with Crippen LogP contribution in [-0.4, -0.2) is 21.9 Å². The Kier molecular flexibility index (Phi) is 3.73. The minimum atomic E-state index is -0.387. The molecule has 0 aromatic rings. The molecule has 6 bridgehead atoms. The lowest BCUT2D eigenvalue weighted by atomic mass is 9.57. The Balaban J connectivity index is 1.67. The van der Waals surface area contributed by atoms with Gasteiger partial charge in [-0.15, -0.1) is 0 Å². The molecule has 0 aliphatic heterocycles. The molecule has 6 fully saturated rings. The molecule has 6 saturated carbocycles. The van der Waals surface area contributed by atoms with Crippen LogP contribution in [0.2, 0.25) is 0 Å². The monoisotopic (exact) mass is 346 g/mol. The molecule has 25 heavy (non-hydrogen) atoms. The summed E-state index contributed by atoms with van der Waals surface area (Å²) in [5.74, 6) is 3.52. The summed E-state index contributed by atoms with van der Waals surface area (Å²) in [7, 11) is 0. The van der Waals surface area contributed by atoms with Crippen molar-refractivity contribution in [2.75, 3.05) is 0 Å². The van der Waals surface area contributed by atoms with Gasteiger partial charge in [0.2, 0.25) is 0 Å². The molecule has 9 unspecified atom stereocenters. The fraction of sp³-hybridized carbons (Fsp3) is 1.00. The lowest BCUT2D eigenvalue weighted by Gasteiger charge is -2.48. The number of fused-ring (bicyclic) bond motifs is 1. The van der Waals surface area contributed by atoms with Crippen LogP contribution in [-0.2, 0) is 0 Å². The molecule has 6 aliphatic rings. The van der Waals surface area contributed by atoms with E-state index >= 15 is 0 Å². The molecule has 142 valence electrons. The molecule has 6 rings (SSSR count). The molecule has 0 aromatic heterocycles. The van der Waals surface area contributed by atoms with Crippen LogP contribution in [0.25, 0.3) is 0 Å². The van der Waals surface area contributed by atoms with Gasteiger partial charge in [-0.25, -0.2) is 0 Å². The minimum absolute atomic E-state index is 0.0862. The first-order valence-corrected chi connectivity index (χ1v) is 11.2. The van der Waals surface area contributed by atoms with E-state index in [9.17, 15) is 10.2 Å². The summed E-state index contributed by atoms with van der Waals surface area (Å²) >= 11 is 0.